The first-order valence-corrected chi connectivity index (χ1v) is 6.99. The average molecular weight is 329 g/mol. The summed E-state index contributed by atoms with van der Waals surface area (Å²) in [4.78, 5) is 22.2. The van der Waals surface area contributed by atoms with E-state index >= 15 is 0 Å². The Labute approximate surface area is 137 Å². The van der Waals surface area contributed by atoms with Crippen molar-refractivity contribution in [3.05, 3.63) is 65.5 Å². The number of rotatable bonds is 6. The Morgan fingerprint density at radius 1 is 1.08 bits per heavy atom. The van der Waals surface area contributed by atoms with Gasteiger partial charge in [0.05, 0.1) is 11.7 Å². The number of nitrogens with zero attached hydrogens (tertiary/aromatic N) is 1. The summed E-state index contributed by atoms with van der Waals surface area (Å²) in [6.07, 6.45) is 0. The molecule has 2 aromatic carbocycles. The van der Waals surface area contributed by atoms with E-state index in [4.69, 9.17) is 4.74 Å². The summed E-state index contributed by atoms with van der Waals surface area (Å²) in [7, 11) is 0. The van der Waals surface area contributed by atoms with E-state index < -0.39 is 24.3 Å². The molecule has 1 amide bonds. The predicted molar refractivity (Wildman–Crippen MR) is 83.0 cm³/mol. The molecule has 0 unspecified atom stereocenters. The van der Waals surface area contributed by atoms with E-state index in [0.29, 0.717) is 17.0 Å². The second kappa shape index (κ2) is 7.87. The maximum atomic E-state index is 12.8. The molecule has 124 valence electrons. The predicted octanol–water partition coefficient (Wildman–Crippen LogP) is 1.11. The van der Waals surface area contributed by atoms with Gasteiger partial charge in [0.2, 0.25) is 0 Å². The minimum absolute atomic E-state index is 0.291. The van der Waals surface area contributed by atoms with Crippen LogP contribution in [0.2, 0.25) is 0 Å². The van der Waals surface area contributed by atoms with Crippen LogP contribution in [0.4, 0.5) is 4.39 Å². The summed E-state index contributed by atoms with van der Waals surface area (Å²) in [6.45, 7) is 1.17. The Bertz CT molecular complexity index is 755. The lowest BCUT2D eigenvalue weighted by Crippen LogP contribution is -2.28. The van der Waals surface area contributed by atoms with Crippen LogP contribution >= 0.6 is 0 Å². The number of carboxylic acids is 1. The zero-order chi connectivity index (χ0) is 17.5. The van der Waals surface area contributed by atoms with Crippen molar-refractivity contribution in [2.45, 2.75) is 6.92 Å². The summed E-state index contributed by atoms with van der Waals surface area (Å²) < 4.78 is 17.8. The monoisotopic (exact) mass is 329 g/mol. The van der Waals surface area contributed by atoms with Crippen molar-refractivity contribution in [2.24, 2.45) is 5.10 Å². The number of benzene rings is 2. The number of nitrogens with one attached hydrogen (secondary N) is 1. The van der Waals surface area contributed by atoms with Gasteiger partial charge < -0.3 is 14.6 Å². The van der Waals surface area contributed by atoms with Crippen molar-refractivity contribution in [3.8, 4) is 5.75 Å². The number of amides is 1. The van der Waals surface area contributed by atoms with Crippen molar-refractivity contribution in [1.82, 2.24) is 5.43 Å². The van der Waals surface area contributed by atoms with Crippen LogP contribution in [0.3, 0.4) is 0 Å². The number of aliphatic carboxylic acids is 1. The van der Waals surface area contributed by atoms with Crippen molar-refractivity contribution < 1.29 is 23.8 Å². The minimum atomic E-state index is -1.31. The van der Waals surface area contributed by atoms with Gasteiger partial charge in [-0.05, 0) is 61.0 Å². The number of carbonyl (C=O) groups is 2. The molecule has 0 aromatic heterocycles. The molecule has 0 aliphatic rings. The third kappa shape index (κ3) is 4.91. The zero-order valence-corrected chi connectivity index (χ0v) is 12.8. The van der Waals surface area contributed by atoms with Gasteiger partial charge in [0.15, 0.2) is 0 Å². The van der Waals surface area contributed by atoms with Crippen LogP contribution in [0.1, 0.15) is 22.8 Å². The maximum absolute atomic E-state index is 12.8. The molecular formula is C17H14FN2O4-. The lowest BCUT2D eigenvalue weighted by molar-refractivity contribution is -0.307. The maximum Gasteiger partial charge on any atom is 0.271 e. The fourth-order valence-electron chi connectivity index (χ4n) is 1.80. The number of hydrogen-bond donors (Lipinski definition) is 1. The molecular weight excluding hydrogens is 315 g/mol. The van der Waals surface area contributed by atoms with Gasteiger partial charge in [-0.1, -0.05) is 0 Å². The molecule has 6 nitrogen and oxygen atoms in total. The Morgan fingerprint density at radius 3 is 2.25 bits per heavy atom. The molecule has 0 bridgehead atoms. The number of hydrazone groups is 1. The summed E-state index contributed by atoms with van der Waals surface area (Å²) in [6, 6.07) is 11.6. The van der Waals surface area contributed by atoms with Crippen molar-refractivity contribution >= 4 is 17.6 Å². The van der Waals surface area contributed by atoms with Crippen LogP contribution in [0, 0.1) is 5.82 Å². The van der Waals surface area contributed by atoms with E-state index in [-0.39, 0.29) is 0 Å². The highest BCUT2D eigenvalue weighted by Crippen LogP contribution is 2.12. The topological polar surface area (TPSA) is 90.8 Å². The van der Waals surface area contributed by atoms with E-state index in [2.05, 4.69) is 10.5 Å². The fourth-order valence-corrected chi connectivity index (χ4v) is 1.80. The standard InChI is InChI=1S/C17H15FN2O4/c1-11(12-4-8-15(9-5-12)24-10-16(21)22)19-20-17(23)13-2-6-14(18)7-3-13/h2-9H,10H2,1H3,(H,20,23)(H,21,22)/p-1/b19-11-. The molecule has 0 saturated heterocycles. The lowest BCUT2D eigenvalue weighted by Gasteiger charge is -2.07. The Kier molecular flexibility index (Phi) is 5.62. The Morgan fingerprint density at radius 2 is 1.67 bits per heavy atom. The number of carboxylic acid groups (broad SMARTS) is 1. The third-order valence-electron chi connectivity index (χ3n) is 3.06. The normalized spacial score (nSPS) is 11.0. The molecule has 0 spiro atoms. The Balaban J connectivity index is 1.98. The first kappa shape index (κ1) is 17.1. The second-order valence-corrected chi connectivity index (χ2v) is 4.83. The summed E-state index contributed by atoms with van der Waals surface area (Å²) >= 11 is 0. The van der Waals surface area contributed by atoms with Crippen molar-refractivity contribution in [3.63, 3.8) is 0 Å². The van der Waals surface area contributed by atoms with Crippen molar-refractivity contribution in [2.75, 3.05) is 6.61 Å². The van der Waals surface area contributed by atoms with Gasteiger partial charge in [-0.15, -0.1) is 0 Å². The molecule has 0 saturated carbocycles. The number of halogens is 1. The highest BCUT2D eigenvalue weighted by molar-refractivity contribution is 6.00. The molecule has 0 atom stereocenters. The van der Waals surface area contributed by atoms with Crippen LogP contribution in [0.15, 0.2) is 53.6 Å². The van der Waals surface area contributed by atoms with E-state index in [0.717, 1.165) is 5.56 Å². The largest absolute Gasteiger partial charge is 0.546 e. The highest BCUT2D eigenvalue weighted by atomic mass is 19.1. The van der Waals surface area contributed by atoms with Crippen LogP contribution < -0.4 is 15.3 Å². The van der Waals surface area contributed by atoms with Gasteiger partial charge in [-0.25, -0.2) is 9.82 Å². The Hall–Kier alpha value is -3.22. The van der Waals surface area contributed by atoms with Gasteiger partial charge in [0, 0.05) is 5.56 Å². The molecule has 0 aliphatic heterocycles. The van der Waals surface area contributed by atoms with Gasteiger partial charge in [0.1, 0.15) is 18.2 Å². The van der Waals surface area contributed by atoms with Gasteiger partial charge in [0.25, 0.3) is 5.91 Å². The number of hydrogen-bond acceptors (Lipinski definition) is 5. The first-order valence-electron chi connectivity index (χ1n) is 6.99. The molecule has 2 aromatic rings. The lowest BCUT2D eigenvalue weighted by atomic mass is 10.1. The SMILES string of the molecule is C/C(=N/NC(=O)c1ccc(F)cc1)c1ccc(OCC(=O)[O-])cc1. The quantitative estimate of drug-likeness (QED) is 0.635. The average Bonchev–Trinajstić information content (AvgIpc) is 2.58. The van der Waals surface area contributed by atoms with Gasteiger partial charge in [-0.2, -0.15) is 5.10 Å². The van der Waals surface area contributed by atoms with E-state index in [1.807, 2.05) is 0 Å². The van der Waals surface area contributed by atoms with E-state index in [9.17, 15) is 19.1 Å². The molecule has 0 heterocycles. The van der Waals surface area contributed by atoms with Crippen LogP contribution in [0.5, 0.6) is 5.75 Å². The summed E-state index contributed by atoms with van der Waals surface area (Å²) in [5.41, 5.74) is 3.93. The van der Waals surface area contributed by atoms with Crippen molar-refractivity contribution in [1.29, 1.82) is 0 Å². The van der Waals surface area contributed by atoms with Gasteiger partial charge in [-0.3, -0.25) is 4.79 Å². The first-order chi connectivity index (χ1) is 11.5. The van der Waals surface area contributed by atoms with E-state index in [1.165, 1.54) is 24.3 Å². The van der Waals surface area contributed by atoms with Crippen LogP contribution in [-0.4, -0.2) is 24.2 Å². The third-order valence-corrected chi connectivity index (χ3v) is 3.06. The molecule has 0 fully saturated rings. The molecule has 0 aliphatic carbocycles. The zero-order valence-electron chi connectivity index (χ0n) is 12.8. The fraction of sp³-hybridized carbons (Fsp3) is 0.118. The van der Waals surface area contributed by atoms with Crippen LogP contribution in [0.25, 0.3) is 0 Å². The molecule has 24 heavy (non-hydrogen) atoms. The molecule has 2 rings (SSSR count). The van der Waals surface area contributed by atoms with E-state index in [1.54, 1.807) is 31.2 Å². The second-order valence-electron chi connectivity index (χ2n) is 4.83. The summed E-state index contributed by atoms with van der Waals surface area (Å²) in [5.74, 6) is -1.80. The smallest absolute Gasteiger partial charge is 0.271 e. The molecule has 0 radical (unpaired) electrons. The highest BCUT2D eigenvalue weighted by Gasteiger charge is 2.05. The number of ether oxygens (including phenoxy) is 1. The summed E-state index contributed by atoms with van der Waals surface area (Å²) in [5, 5.41) is 14.3. The van der Waals surface area contributed by atoms with Gasteiger partial charge >= 0.3 is 0 Å². The number of carbonyl (C=O) groups excluding carboxylic acids is 2. The molecule has 1 N–H and O–H groups in total. The van der Waals surface area contributed by atoms with Crippen LogP contribution in [-0.2, 0) is 4.79 Å². The minimum Gasteiger partial charge on any atom is -0.546 e. The molecule has 7 heteroatoms.